The molecule has 13 heavy (non-hydrogen) atoms. The molecule has 0 bridgehead atoms. The van der Waals surface area contributed by atoms with Gasteiger partial charge in [-0.15, -0.1) is 0 Å². The minimum atomic E-state index is -0.150. The molecule has 0 amide bonds. The van der Waals surface area contributed by atoms with E-state index >= 15 is 0 Å². The molecule has 0 fully saturated rings. The van der Waals surface area contributed by atoms with Crippen LogP contribution in [-0.4, -0.2) is 23.8 Å². The van der Waals surface area contributed by atoms with Crippen LogP contribution in [0.4, 0.5) is 0 Å². The Bertz CT molecular complexity index is 248. The van der Waals surface area contributed by atoms with Gasteiger partial charge in [-0.3, -0.25) is 0 Å². The highest BCUT2D eigenvalue weighted by Gasteiger charge is 2.05. The molecular weight excluding hydrogens is 168 g/mol. The second-order valence-electron chi connectivity index (χ2n) is 2.75. The normalized spacial score (nSPS) is 12.5. The number of methoxy groups -OCH3 is 1. The summed E-state index contributed by atoms with van der Waals surface area (Å²) < 4.78 is 4.91. The molecule has 3 N–H and O–H groups in total. The Morgan fingerprint density at radius 3 is 2.85 bits per heavy atom. The maximum atomic E-state index is 8.67. The van der Waals surface area contributed by atoms with Crippen molar-refractivity contribution in [2.24, 2.45) is 5.73 Å². The van der Waals surface area contributed by atoms with Crippen LogP contribution in [0.3, 0.4) is 0 Å². The van der Waals surface area contributed by atoms with Crippen molar-refractivity contribution in [3.63, 3.8) is 0 Å². The number of pyridine rings is 1. The van der Waals surface area contributed by atoms with Gasteiger partial charge in [0, 0.05) is 24.9 Å². The van der Waals surface area contributed by atoms with Gasteiger partial charge in [-0.25, -0.2) is 4.98 Å². The second kappa shape index (κ2) is 4.79. The molecule has 0 unspecified atom stereocenters. The standard InChI is InChI=1S/C9H14N2O2/c1-13-9-3-2-7(6-11-9)8(10)4-5-12/h2-3,6,8,12H,4-5,10H2,1H3/t8-/m1/s1. The first kappa shape index (κ1) is 9.95. The average Bonchev–Trinajstić information content (AvgIpc) is 2.18. The van der Waals surface area contributed by atoms with Crippen molar-refractivity contribution in [3.05, 3.63) is 23.9 Å². The van der Waals surface area contributed by atoms with Gasteiger partial charge in [0.15, 0.2) is 0 Å². The number of nitrogens with two attached hydrogens (primary N) is 1. The van der Waals surface area contributed by atoms with E-state index in [1.54, 1.807) is 19.4 Å². The van der Waals surface area contributed by atoms with Crippen molar-refractivity contribution in [1.29, 1.82) is 0 Å². The van der Waals surface area contributed by atoms with Gasteiger partial charge in [-0.2, -0.15) is 0 Å². The Morgan fingerprint density at radius 2 is 2.38 bits per heavy atom. The fourth-order valence-corrected chi connectivity index (χ4v) is 1.04. The Kier molecular flexibility index (Phi) is 3.67. The average molecular weight is 182 g/mol. The smallest absolute Gasteiger partial charge is 0.212 e. The van der Waals surface area contributed by atoms with Crippen molar-refractivity contribution in [2.45, 2.75) is 12.5 Å². The van der Waals surface area contributed by atoms with Crippen molar-refractivity contribution in [2.75, 3.05) is 13.7 Å². The largest absolute Gasteiger partial charge is 0.481 e. The van der Waals surface area contributed by atoms with E-state index in [9.17, 15) is 0 Å². The van der Waals surface area contributed by atoms with E-state index in [0.29, 0.717) is 12.3 Å². The number of hydrogen-bond acceptors (Lipinski definition) is 4. The summed E-state index contributed by atoms with van der Waals surface area (Å²) in [6.45, 7) is 0.0905. The minimum Gasteiger partial charge on any atom is -0.481 e. The number of aromatic nitrogens is 1. The maximum Gasteiger partial charge on any atom is 0.212 e. The molecule has 0 saturated carbocycles. The third-order valence-electron chi connectivity index (χ3n) is 1.84. The summed E-state index contributed by atoms with van der Waals surface area (Å²) in [7, 11) is 1.57. The van der Waals surface area contributed by atoms with Crippen molar-refractivity contribution in [1.82, 2.24) is 4.98 Å². The van der Waals surface area contributed by atoms with Gasteiger partial charge in [0.1, 0.15) is 0 Å². The van der Waals surface area contributed by atoms with E-state index in [1.165, 1.54) is 0 Å². The molecule has 0 spiro atoms. The highest BCUT2D eigenvalue weighted by Crippen LogP contribution is 2.14. The summed E-state index contributed by atoms with van der Waals surface area (Å²) in [5.74, 6) is 0.569. The Balaban J connectivity index is 2.67. The lowest BCUT2D eigenvalue weighted by atomic mass is 10.1. The molecule has 0 aromatic carbocycles. The number of nitrogens with zero attached hydrogens (tertiary/aromatic N) is 1. The predicted molar refractivity (Wildman–Crippen MR) is 49.4 cm³/mol. The van der Waals surface area contributed by atoms with E-state index in [2.05, 4.69) is 4.98 Å². The molecule has 0 aliphatic heterocycles. The van der Waals surface area contributed by atoms with Crippen LogP contribution in [0.15, 0.2) is 18.3 Å². The zero-order valence-electron chi connectivity index (χ0n) is 7.60. The Hall–Kier alpha value is -1.13. The van der Waals surface area contributed by atoms with Crippen LogP contribution in [0.5, 0.6) is 5.88 Å². The first-order valence-corrected chi connectivity index (χ1v) is 4.14. The molecular formula is C9H14N2O2. The quantitative estimate of drug-likeness (QED) is 0.710. The summed E-state index contributed by atoms with van der Waals surface area (Å²) in [5, 5.41) is 8.67. The molecule has 1 aromatic rings. The summed E-state index contributed by atoms with van der Waals surface area (Å²) in [5.41, 5.74) is 6.67. The van der Waals surface area contributed by atoms with E-state index in [4.69, 9.17) is 15.6 Å². The Morgan fingerprint density at radius 1 is 1.62 bits per heavy atom. The van der Waals surface area contributed by atoms with E-state index in [0.717, 1.165) is 5.56 Å². The van der Waals surface area contributed by atoms with Crippen LogP contribution in [0.2, 0.25) is 0 Å². The van der Waals surface area contributed by atoms with E-state index in [1.807, 2.05) is 6.07 Å². The molecule has 0 radical (unpaired) electrons. The Labute approximate surface area is 77.4 Å². The molecule has 1 atom stereocenters. The zero-order chi connectivity index (χ0) is 9.68. The van der Waals surface area contributed by atoms with Crippen molar-refractivity contribution < 1.29 is 9.84 Å². The van der Waals surface area contributed by atoms with Gasteiger partial charge < -0.3 is 15.6 Å². The molecule has 0 aliphatic rings. The third-order valence-corrected chi connectivity index (χ3v) is 1.84. The predicted octanol–water partition coefficient (Wildman–Crippen LogP) is 0.472. The lowest BCUT2D eigenvalue weighted by Gasteiger charge is -2.09. The van der Waals surface area contributed by atoms with E-state index in [-0.39, 0.29) is 12.6 Å². The molecule has 1 aromatic heterocycles. The maximum absolute atomic E-state index is 8.67. The van der Waals surface area contributed by atoms with Crippen molar-refractivity contribution >= 4 is 0 Å². The van der Waals surface area contributed by atoms with Crippen LogP contribution >= 0.6 is 0 Å². The highest BCUT2D eigenvalue weighted by atomic mass is 16.5. The monoisotopic (exact) mass is 182 g/mol. The molecule has 0 aliphatic carbocycles. The van der Waals surface area contributed by atoms with Crippen LogP contribution in [0.1, 0.15) is 18.0 Å². The molecule has 1 heterocycles. The van der Waals surface area contributed by atoms with Gasteiger partial charge in [0.2, 0.25) is 5.88 Å². The molecule has 72 valence electrons. The van der Waals surface area contributed by atoms with Gasteiger partial charge in [0.05, 0.1) is 7.11 Å². The van der Waals surface area contributed by atoms with Crippen LogP contribution in [0, 0.1) is 0 Å². The van der Waals surface area contributed by atoms with Gasteiger partial charge in [-0.1, -0.05) is 6.07 Å². The zero-order valence-corrected chi connectivity index (χ0v) is 7.60. The number of rotatable bonds is 4. The fourth-order valence-electron chi connectivity index (χ4n) is 1.04. The number of ether oxygens (including phenoxy) is 1. The van der Waals surface area contributed by atoms with Crippen LogP contribution in [-0.2, 0) is 0 Å². The number of aliphatic hydroxyl groups is 1. The first-order chi connectivity index (χ1) is 6.27. The highest BCUT2D eigenvalue weighted by molar-refractivity contribution is 5.20. The number of hydrogen-bond donors (Lipinski definition) is 2. The van der Waals surface area contributed by atoms with E-state index < -0.39 is 0 Å². The lowest BCUT2D eigenvalue weighted by molar-refractivity contribution is 0.276. The summed E-state index contributed by atoms with van der Waals surface area (Å²) in [4.78, 5) is 4.02. The van der Waals surface area contributed by atoms with Crippen molar-refractivity contribution in [3.8, 4) is 5.88 Å². The van der Waals surface area contributed by atoms with Gasteiger partial charge in [-0.05, 0) is 12.0 Å². The fraction of sp³-hybridized carbons (Fsp3) is 0.444. The minimum absolute atomic E-state index is 0.0905. The number of aliphatic hydroxyl groups excluding tert-OH is 1. The summed E-state index contributed by atoms with van der Waals surface area (Å²) in [6.07, 6.45) is 2.22. The van der Waals surface area contributed by atoms with Gasteiger partial charge >= 0.3 is 0 Å². The molecule has 1 rings (SSSR count). The lowest BCUT2D eigenvalue weighted by Crippen LogP contribution is -2.12. The summed E-state index contributed by atoms with van der Waals surface area (Å²) in [6, 6.07) is 3.46. The third kappa shape index (κ3) is 2.68. The SMILES string of the molecule is COc1ccc([C@H](N)CCO)cn1. The van der Waals surface area contributed by atoms with Gasteiger partial charge in [0.25, 0.3) is 0 Å². The summed E-state index contributed by atoms with van der Waals surface area (Å²) >= 11 is 0. The van der Waals surface area contributed by atoms with Crippen LogP contribution in [0.25, 0.3) is 0 Å². The molecule has 0 saturated heterocycles. The second-order valence-corrected chi connectivity index (χ2v) is 2.75. The first-order valence-electron chi connectivity index (χ1n) is 4.14. The molecule has 4 nitrogen and oxygen atoms in total. The molecule has 4 heteroatoms. The topological polar surface area (TPSA) is 68.4 Å². The van der Waals surface area contributed by atoms with Crippen LogP contribution < -0.4 is 10.5 Å².